The van der Waals surface area contributed by atoms with Crippen LogP contribution in [0.3, 0.4) is 0 Å². The lowest BCUT2D eigenvalue weighted by Crippen LogP contribution is -2.41. The Morgan fingerprint density at radius 1 is 1.24 bits per heavy atom. The Labute approximate surface area is 104 Å². The SMILES string of the molecule is COC1(CC(=O)C2=CCCCCCC2)CCC1. The lowest BCUT2D eigenvalue weighted by Gasteiger charge is -2.40. The molecule has 0 aromatic carbocycles. The Morgan fingerprint density at radius 3 is 2.65 bits per heavy atom. The molecule has 2 aliphatic rings. The van der Waals surface area contributed by atoms with Gasteiger partial charge in [-0.3, -0.25) is 4.79 Å². The minimum Gasteiger partial charge on any atom is -0.378 e. The van der Waals surface area contributed by atoms with Gasteiger partial charge >= 0.3 is 0 Å². The molecule has 0 atom stereocenters. The lowest BCUT2D eigenvalue weighted by molar-refractivity contribution is -0.129. The number of hydrogen-bond donors (Lipinski definition) is 0. The number of ether oxygens (including phenoxy) is 1. The minimum atomic E-state index is -0.111. The number of ketones is 1. The molecule has 2 heteroatoms. The fraction of sp³-hybridized carbons (Fsp3) is 0.800. The third-order valence-corrected chi connectivity index (χ3v) is 4.33. The summed E-state index contributed by atoms with van der Waals surface area (Å²) >= 11 is 0. The van der Waals surface area contributed by atoms with Gasteiger partial charge in [-0.2, -0.15) is 0 Å². The Hall–Kier alpha value is -0.630. The van der Waals surface area contributed by atoms with Gasteiger partial charge < -0.3 is 4.74 Å². The maximum atomic E-state index is 12.3. The van der Waals surface area contributed by atoms with Gasteiger partial charge in [0.25, 0.3) is 0 Å². The number of methoxy groups -OCH3 is 1. The first-order chi connectivity index (χ1) is 8.26. The van der Waals surface area contributed by atoms with Crippen LogP contribution in [-0.2, 0) is 9.53 Å². The van der Waals surface area contributed by atoms with Gasteiger partial charge in [-0.25, -0.2) is 0 Å². The average Bonchev–Trinajstić information content (AvgIpc) is 2.22. The zero-order valence-corrected chi connectivity index (χ0v) is 11.0. The topological polar surface area (TPSA) is 26.3 Å². The first-order valence-electron chi connectivity index (χ1n) is 7.03. The standard InChI is InChI=1S/C15H24O2/c1-17-15(10-7-11-15)12-14(16)13-8-5-3-2-4-6-9-13/h8H,2-7,9-12H2,1H3. The van der Waals surface area contributed by atoms with Crippen LogP contribution in [0.5, 0.6) is 0 Å². The number of allylic oxidation sites excluding steroid dienone is 2. The molecule has 0 heterocycles. The summed E-state index contributed by atoms with van der Waals surface area (Å²) in [5.41, 5.74) is 0.966. The summed E-state index contributed by atoms with van der Waals surface area (Å²) in [6.45, 7) is 0. The molecule has 0 aromatic heterocycles. The van der Waals surface area contributed by atoms with Gasteiger partial charge in [-0.1, -0.05) is 18.9 Å². The summed E-state index contributed by atoms with van der Waals surface area (Å²) < 4.78 is 5.54. The molecule has 0 saturated heterocycles. The first kappa shape index (κ1) is 12.8. The van der Waals surface area contributed by atoms with E-state index in [0.717, 1.165) is 31.3 Å². The Bertz CT molecular complexity index is 295. The quantitative estimate of drug-likeness (QED) is 0.742. The first-order valence-corrected chi connectivity index (χ1v) is 7.03. The zero-order chi connectivity index (χ0) is 12.1. The molecule has 0 radical (unpaired) electrons. The van der Waals surface area contributed by atoms with Gasteiger partial charge in [-0.05, 0) is 50.5 Å². The van der Waals surface area contributed by atoms with E-state index in [1.54, 1.807) is 7.11 Å². The van der Waals surface area contributed by atoms with Crippen molar-refractivity contribution in [1.29, 1.82) is 0 Å². The van der Waals surface area contributed by atoms with Crippen molar-refractivity contribution < 1.29 is 9.53 Å². The predicted octanol–water partition coefficient (Wildman–Crippen LogP) is 3.80. The summed E-state index contributed by atoms with van der Waals surface area (Å²) in [7, 11) is 1.75. The van der Waals surface area contributed by atoms with Gasteiger partial charge in [0, 0.05) is 13.5 Å². The Kier molecular flexibility index (Phi) is 4.38. The van der Waals surface area contributed by atoms with Crippen molar-refractivity contribution in [1.82, 2.24) is 0 Å². The van der Waals surface area contributed by atoms with E-state index in [0.29, 0.717) is 12.2 Å². The molecule has 0 aromatic rings. The van der Waals surface area contributed by atoms with Gasteiger partial charge in [0.15, 0.2) is 5.78 Å². The molecule has 1 saturated carbocycles. The van der Waals surface area contributed by atoms with E-state index in [2.05, 4.69) is 6.08 Å². The molecule has 0 unspecified atom stereocenters. The van der Waals surface area contributed by atoms with Gasteiger partial charge in [0.2, 0.25) is 0 Å². The molecule has 0 N–H and O–H groups in total. The van der Waals surface area contributed by atoms with Crippen molar-refractivity contribution in [2.75, 3.05) is 7.11 Å². The van der Waals surface area contributed by atoms with Crippen molar-refractivity contribution in [2.24, 2.45) is 0 Å². The molecule has 2 rings (SSSR count). The Morgan fingerprint density at radius 2 is 2.00 bits per heavy atom. The van der Waals surface area contributed by atoms with Crippen LogP contribution in [0.1, 0.15) is 64.2 Å². The molecular weight excluding hydrogens is 212 g/mol. The number of hydrogen-bond acceptors (Lipinski definition) is 2. The fourth-order valence-electron chi connectivity index (χ4n) is 2.88. The monoisotopic (exact) mass is 236 g/mol. The molecule has 0 aliphatic heterocycles. The van der Waals surface area contributed by atoms with Gasteiger partial charge in [-0.15, -0.1) is 0 Å². The molecule has 2 aliphatic carbocycles. The predicted molar refractivity (Wildman–Crippen MR) is 69.0 cm³/mol. The Balaban J connectivity index is 1.93. The third-order valence-electron chi connectivity index (χ3n) is 4.33. The van der Waals surface area contributed by atoms with Crippen molar-refractivity contribution in [3.05, 3.63) is 11.6 Å². The number of rotatable bonds is 4. The molecule has 0 amide bonds. The maximum Gasteiger partial charge on any atom is 0.161 e. The zero-order valence-electron chi connectivity index (χ0n) is 11.0. The minimum absolute atomic E-state index is 0.111. The van der Waals surface area contributed by atoms with E-state index in [-0.39, 0.29) is 5.60 Å². The van der Waals surface area contributed by atoms with Crippen molar-refractivity contribution in [2.45, 2.75) is 69.8 Å². The highest BCUT2D eigenvalue weighted by molar-refractivity contribution is 5.96. The van der Waals surface area contributed by atoms with E-state index in [4.69, 9.17) is 4.74 Å². The van der Waals surface area contributed by atoms with Crippen LogP contribution in [-0.4, -0.2) is 18.5 Å². The van der Waals surface area contributed by atoms with Crippen molar-refractivity contribution in [3.63, 3.8) is 0 Å². The second kappa shape index (κ2) is 5.81. The number of carbonyl (C=O) groups is 1. The van der Waals surface area contributed by atoms with Crippen LogP contribution in [0, 0.1) is 0 Å². The van der Waals surface area contributed by atoms with Gasteiger partial charge in [0.1, 0.15) is 0 Å². The highest BCUT2D eigenvalue weighted by Gasteiger charge is 2.39. The van der Waals surface area contributed by atoms with E-state index in [9.17, 15) is 4.79 Å². The normalized spacial score (nSPS) is 24.2. The van der Waals surface area contributed by atoms with Crippen LogP contribution in [0.4, 0.5) is 0 Å². The fourth-order valence-corrected chi connectivity index (χ4v) is 2.88. The van der Waals surface area contributed by atoms with E-state index >= 15 is 0 Å². The third kappa shape index (κ3) is 3.19. The highest BCUT2D eigenvalue weighted by atomic mass is 16.5. The van der Waals surface area contributed by atoms with Crippen LogP contribution in [0.2, 0.25) is 0 Å². The summed E-state index contributed by atoms with van der Waals surface area (Å²) in [4.78, 5) is 12.3. The lowest BCUT2D eigenvalue weighted by atomic mass is 9.75. The van der Waals surface area contributed by atoms with Crippen LogP contribution < -0.4 is 0 Å². The second-order valence-electron chi connectivity index (χ2n) is 5.52. The number of Topliss-reactive ketones (excluding diaryl/α,β-unsaturated/α-hetero) is 1. The molecule has 96 valence electrons. The summed E-state index contributed by atoms with van der Waals surface area (Å²) in [5, 5.41) is 0. The highest BCUT2D eigenvalue weighted by Crippen LogP contribution is 2.39. The van der Waals surface area contributed by atoms with Crippen LogP contribution in [0.25, 0.3) is 0 Å². The molecule has 1 fully saturated rings. The van der Waals surface area contributed by atoms with Crippen LogP contribution >= 0.6 is 0 Å². The molecule has 2 nitrogen and oxygen atoms in total. The molecule has 17 heavy (non-hydrogen) atoms. The van der Waals surface area contributed by atoms with E-state index in [1.165, 1.54) is 32.1 Å². The smallest absolute Gasteiger partial charge is 0.161 e. The second-order valence-corrected chi connectivity index (χ2v) is 5.52. The summed E-state index contributed by atoms with van der Waals surface area (Å²) in [5.74, 6) is 0.341. The summed E-state index contributed by atoms with van der Waals surface area (Å²) in [6.07, 6.45) is 13.2. The molecule has 0 bridgehead atoms. The van der Waals surface area contributed by atoms with E-state index in [1.807, 2.05) is 0 Å². The van der Waals surface area contributed by atoms with Crippen molar-refractivity contribution >= 4 is 5.78 Å². The summed E-state index contributed by atoms with van der Waals surface area (Å²) in [6, 6.07) is 0. The van der Waals surface area contributed by atoms with Gasteiger partial charge in [0.05, 0.1) is 5.60 Å². The molecular formula is C15H24O2. The number of carbonyl (C=O) groups excluding carboxylic acids is 1. The average molecular weight is 236 g/mol. The maximum absolute atomic E-state index is 12.3. The molecule has 0 spiro atoms. The largest absolute Gasteiger partial charge is 0.378 e. The van der Waals surface area contributed by atoms with Crippen LogP contribution in [0.15, 0.2) is 11.6 Å². The van der Waals surface area contributed by atoms with E-state index < -0.39 is 0 Å². The van der Waals surface area contributed by atoms with Crippen molar-refractivity contribution in [3.8, 4) is 0 Å².